The molecule has 0 radical (unpaired) electrons. The molecule has 4 aliphatic heterocycles. The van der Waals surface area contributed by atoms with Gasteiger partial charge in [0.05, 0.1) is 36.8 Å². The summed E-state index contributed by atoms with van der Waals surface area (Å²) >= 11 is 7.08. The number of nitrogens with zero attached hydrogens (tertiary/aromatic N) is 3. The minimum absolute atomic E-state index is 0.00928. The van der Waals surface area contributed by atoms with Crippen LogP contribution in [-0.4, -0.2) is 117 Å². The molecule has 2 unspecified atom stereocenters. The van der Waals surface area contributed by atoms with Gasteiger partial charge in [-0.25, -0.2) is 9.59 Å². The number of nitrogens with one attached hydrogen (secondary N) is 1. The maximum atomic E-state index is 13.1. The number of carbonyl (C=O) groups is 3. The third-order valence-corrected chi connectivity index (χ3v) is 10.1. The summed E-state index contributed by atoms with van der Waals surface area (Å²) in [6.45, 7) is 12.4. The van der Waals surface area contributed by atoms with E-state index in [-0.39, 0.29) is 60.7 Å². The smallest absolute Gasteiger partial charge is 0.410 e. The average Bonchev–Trinajstić information content (AvgIpc) is 3.65. The molecule has 0 saturated carbocycles. The molecule has 3 saturated heterocycles. The summed E-state index contributed by atoms with van der Waals surface area (Å²) in [7, 11) is 0. The van der Waals surface area contributed by atoms with Crippen molar-refractivity contribution in [1.82, 2.24) is 20.0 Å². The van der Waals surface area contributed by atoms with Crippen molar-refractivity contribution < 1.29 is 34.1 Å². The molecule has 13 heteroatoms. The summed E-state index contributed by atoms with van der Waals surface area (Å²) in [5.41, 5.74) is 0.212. The van der Waals surface area contributed by atoms with Crippen LogP contribution in [0.5, 0.6) is 0 Å². The Labute approximate surface area is 250 Å². The Kier molecular flexibility index (Phi) is 10.4. The monoisotopic (exact) mass is 608 g/mol. The van der Waals surface area contributed by atoms with E-state index in [0.29, 0.717) is 24.6 Å². The van der Waals surface area contributed by atoms with Gasteiger partial charge in [0.2, 0.25) is 5.91 Å². The number of thiocarbonyl (C=S) groups is 1. The lowest BCUT2D eigenvalue weighted by Gasteiger charge is -2.46. The summed E-state index contributed by atoms with van der Waals surface area (Å²) in [4.78, 5) is 44.9. The van der Waals surface area contributed by atoms with Crippen molar-refractivity contribution in [2.75, 3.05) is 39.5 Å². The quantitative estimate of drug-likeness (QED) is 0.137. The molecule has 0 aromatic rings. The molecule has 2 amide bonds. The molecular weight excluding hydrogens is 568 g/mol. The van der Waals surface area contributed by atoms with Crippen LogP contribution in [-0.2, 0) is 19.1 Å². The zero-order chi connectivity index (χ0) is 29.8. The van der Waals surface area contributed by atoms with Gasteiger partial charge in [-0.3, -0.25) is 4.79 Å². The second kappa shape index (κ2) is 13.6. The van der Waals surface area contributed by atoms with E-state index >= 15 is 0 Å². The van der Waals surface area contributed by atoms with Crippen LogP contribution in [0.2, 0.25) is 0 Å². The first kappa shape index (κ1) is 31.3. The van der Waals surface area contributed by atoms with E-state index in [0.717, 1.165) is 24.3 Å². The lowest BCUT2D eigenvalue weighted by atomic mass is 9.79. The van der Waals surface area contributed by atoms with Crippen molar-refractivity contribution in [2.45, 2.75) is 62.6 Å². The zero-order valence-electron chi connectivity index (χ0n) is 23.6. The largest absolute Gasteiger partial charge is 0.457 e. The number of hydrogen-bond acceptors (Lipinski definition) is 9. The third kappa shape index (κ3) is 6.27. The van der Waals surface area contributed by atoms with Gasteiger partial charge >= 0.3 is 12.1 Å². The first-order chi connectivity index (χ1) is 19.6. The molecule has 0 aromatic carbocycles. The van der Waals surface area contributed by atoms with Crippen LogP contribution < -0.4 is 5.32 Å². The van der Waals surface area contributed by atoms with E-state index in [4.69, 9.17) is 21.7 Å². The van der Waals surface area contributed by atoms with E-state index in [2.05, 4.69) is 18.5 Å². The summed E-state index contributed by atoms with van der Waals surface area (Å²) < 4.78 is 10.7. The van der Waals surface area contributed by atoms with Crippen LogP contribution in [0.3, 0.4) is 0 Å². The van der Waals surface area contributed by atoms with E-state index in [1.807, 2.05) is 11.8 Å². The Bertz CT molecular complexity index is 1100. The Morgan fingerprint density at radius 2 is 1.93 bits per heavy atom. The second-order valence-corrected chi connectivity index (χ2v) is 12.6. The number of aliphatic hydroxyl groups is 2. The highest BCUT2D eigenvalue weighted by Crippen LogP contribution is 2.52. The number of likely N-dealkylation sites (tertiary alicyclic amines) is 2. The van der Waals surface area contributed by atoms with E-state index in [1.165, 1.54) is 28.8 Å². The third-order valence-electron chi connectivity index (χ3n) is 8.20. The fourth-order valence-electron chi connectivity index (χ4n) is 6.24. The van der Waals surface area contributed by atoms with Crippen molar-refractivity contribution in [3.63, 3.8) is 0 Å². The van der Waals surface area contributed by atoms with Gasteiger partial charge in [0.15, 0.2) is 5.11 Å². The summed E-state index contributed by atoms with van der Waals surface area (Å²) in [6, 6.07) is -0.583. The summed E-state index contributed by atoms with van der Waals surface area (Å²) in [5.74, 6) is -1.68. The van der Waals surface area contributed by atoms with Crippen molar-refractivity contribution >= 4 is 47.1 Å². The maximum Gasteiger partial charge on any atom is 0.410 e. The molecule has 0 aromatic heterocycles. The molecule has 226 valence electrons. The minimum Gasteiger partial charge on any atom is -0.457 e. The minimum atomic E-state index is -0.845. The second-order valence-electron chi connectivity index (χ2n) is 10.9. The average molecular weight is 609 g/mol. The highest BCUT2D eigenvalue weighted by molar-refractivity contribution is 8.03. The van der Waals surface area contributed by atoms with Crippen LogP contribution in [0, 0.1) is 11.8 Å². The molecule has 4 heterocycles. The summed E-state index contributed by atoms with van der Waals surface area (Å²) in [5, 5.41) is 23.7. The van der Waals surface area contributed by atoms with Crippen LogP contribution in [0.25, 0.3) is 0 Å². The molecule has 4 aliphatic rings. The van der Waals surface area contributed by atoms with Gasteiger partial charge in [-0.1, -0.05) is 32.2 Å². The SMILES string of the molecule is C=CCOC(=O)C1=C(S[C@H]2C[C@@H](CNC(=S)N3CCCC3CO)N(C(=O)OCC=C)C2)[C@H](C)[C@@H]2C([C@@H](C)O)C(=O)N12. The molecular formula is C28H40N4O7S2. The standard InChI is InChI=1S/C28H40N4O7S2/c1-5-10-38-26(36)23-24(16(3)22-21(17(4)34)25(35)32(22)23)41-20-12-19(31(14-20)28(37)39-11-6-2)13-29-27(40)30-9-7-8-18(30)15-33/h5-6,16-22,33-34H,1-2,7-15H2,3-4H3,(H,29,40)/t16-,17-,18?,19+,20+,21?,22-/m1/s1. The van der Waals surface area contributed by atoms with E-state index in [9.17, 15) is 24.6 Å². The van der Waals surface area contributed by atoms with E-state index in [1.54, 1.807) is 11.8 Å². The molecule has 0 aliphatic carbocycles. The van der Waals surface area contributed by atoms with Gasteiger partial charge in [0.1, 0.15) is 18.9 Å². The number of aliphatic hydroxyl groups excluding tert-OH is 2. The molecule has 11 nitrogen and oxygen atoms in total. The molecule has 3 N–H and O–H groups in total. The number of carbonyl (C=O) groups excluding carboxylic acids is 3. The molecule has 4 rings (SSSR count). The molecule has 3 fully saturated rings. The number of fused-ring (bicyclic) bond motifs is 1. The van der Waals surface area contributed by atoms with Crippen molar-refractivity contribution in [1.29, 1.82) is 0 Å². The van der Waals surface area contributed by atoms with Gasteiger partial charge in [-0.15, -0.1) is 11.8 Å². The number of β-lactam (4-membered cyclic amide) rings is 1. The van der Waals surface area contributed by atoms with Crippen LogP contribution in [0.1, 0.15) is 33.1 Å². The highest BCUT2D eigenvalue weighted by Gasteiger charge is 2.60. The number of amides is 2. The molecule has 41 heavy (non-hydrogen) atoms. The number of hydrogen-bond donors (Lipinski definition) is 3. The van der Waals surface area contributed by atoms with Crippen LogP contribution >= 0.6 is 24.0 Å². The topological polar surface area (TPSA) is 132 Å². The predicted molar refractivity (Wildman–Crippen MR) is 159 cm³/mol. The molecule has 7 atom stereocenters. The van der Waals surface area contributed by atoms with Gasteiger partial charge in [-0.05, 0) is 38.4 Å². The van der Waals surface area contributed by atoms with E-state index < -0.39 is 24.1 Å². The van der Waals surface area contributed by atoms with Gasteiger partial charge in [-0.2, -0.15) is 0 Å². The summed E-state index contributed by atoms with van der Waals surface area (Å²) in [6.07, 6.45) is 4.09. The molecule has 0 spiro atoms. The first-order valence-corrected chi connectivity index (χ1v) is 15.3. The highest BCUT2D eigenvalue weighted by atomic mass is 32.2. The Morgan fingerprint density at radius 3 is 2.59 bits per heavy atom. The molecule has 0 bridgehead atoms. The Hall–Kier alpha value is -2.61. The Morgan fingerprint density at radius 1 is 1.22 bits per heavy atom. The Balaban J connectivity index is 1.52. The van der Waals surface area contributed by atoms with Gasteiger partial charge in [0, 0.05) is 35.7 Å². The van der Waals surface area contributed by atoms with Crippen molar-refractivity contribution in [2.24, 2.45) is 11.8 Å². The van der Waals surface area contributed by atoms with Crippen molar-refractivity contribution in [3.8, 4) is 0 Å². The fourth-order valence-corrected chi connectivity index (χ4v) is 8.12. The van der Waals surface area contributed by atoms with Crippen LogP contribution in [0.15, 0.2) is 35.9 Å². The lowest BCUT2D eigenvalue weighted by Crippen LogP contribution is -2.63. The fraction of sp³-hybridized carbons (Fsp3) is 0.643. The lowest BCUT2D eigenvalue weighted by molar-refractivity contribution is -0.164. The van der Waals surface area contributed by atoms with Crippen LogP contribution in [0.4, 0.5) is 4.79 Å². The number of rotatable bonds is 11. The number of thioether (sulfide) groups is 1. The maximum absolute atomic E-state index is 13.1. The first-order valence-electron chi connectivity index (χ1n) is 14.0. The zero-order valence-corrected chi connectivity index (χ0v) is 25.2. The van der Waals surface area contributed by atoms with Gasteiger partial charge in [0.25, 0.3) is 0 Å². The van der Waals surface area contributed by atoms with Crippen molar-refractivity contribution in [3.05, 3.63) is 35.9 Å². The number of ether oxygens (including phenoxy) is 2. The predicted octanol–water partition coefficient (Wildman–Crippen LogP) is 1.61. The number of esters is 1. The normalized spacial score (nSPS) is 29.7. The van der Waals surface area contributed by atoms with Gasteiger partial charge < -0.3 is 39.7 Å².